The van der Waals surface area contributed by atoms with Crippen molar-refractivity contribution in [1.82, 2.24) is 0 Å². The van der Waals surface area contributed by atoms with Crippen LogP contribution in [0, 0.1) is 0 Å². The highest BCUT2D eigenvalue weighted by Crippen LogP contribution is 2.32. The van der Waals surface area contributed by atoms with Gasteiger partial charge < -0.3 is 9.15 Å². The molecule has 1 aliphatic carbocycles. The first kappa shape index (κ1) is 11.7. The number of carbonyl (C=O) groups is 1. The van der Waals surface area contributed by atoms with E-state index in [2.05, 4.69) is 4.74 Å². The number of carbonyl (C=O) groups excluding carboxylic acids is 1. The van der Waals surface area contributed by atoms with Crippen LogP contribution in [0.2, 0.25) is 0 Å². The lowest BCUT2D eigenvalue weighted by molar-refractivity contribution is 0.0595. The van der Waals surface area contributed by atoms with Crippen LogP contribution in [-0.4, -0.2) is 13.1 Å². The second-order valence-corrected chi connectivity index (χ2v) is 4.45. The highest BCUT2D eigenvalue weighted by atomic mass is 16.5. The van der Waals surface area contributed by atoms with Gasteiger partial charge in [-0.2, -0.15) is 0 Å². The first-order chi connectivity index (χ1) is 9.20. The van der Waals surface area contributed by atoms with Crippen LogP contribution in [0.15, 0.2) is 39.5 Å². The van der Waals surface area contributed by atoms with Gasteiger partial charge in [0.25, 0.3) is 0 Å². The Kier molecular flexibility index (Phi) is 2.71. The summed E-state index contributed by atoms with van der Waals surface area (Å²) in [5, 5.41) is 0. The second-order valence-electron chi connectivity index (χ2n) is 4.45. The predicted octanol–water partition coefficient (Wildman–Crippen LogP) is 2.19. The molecule has 0 N–H and O–H groups in total. The fourth-order valence-corrected chi connectivity index (χ4v) is 2.41. The third-order valence-electron chi connectivity index (χ3n) is 3.36. The molecule has 0 atom stereocenters. The summed E-state index contributed by atoms with van der Waals surface area (Å²) < 4.78 is 9.90. The standard InChI is InChI=1S/C15H12O4/c1-18-14(16)12-8-10-7-6-9-4-2-3-5-11(9)13(10)19-15(12)17/h2-5,8H,6-7H2,1H3. The molecule has 1 aromatic heterocycles. The summed E-state index contributed by atoms with van der Waals surface area (Å²) in [6.07, 6.45) is 1.62. The normalized spacial score (nSPS) is 12.5. The zero-order valence-electron chi connectivity index (χ0n) is 10.4. The first-order valence-corrected chi connectivity index (χ1v) is 6.04. The Labute approximate surface area is 109 Å². The molecule has 3 rings (SSSR count). The minimum Gasteiger partial charge on any atom is -0.465 e. The van der Waals surface area contributed by atoms with Crippen molar-refractivity contribution in [1.29, 1.82) is 0 Å². The molecule has 0 aliphatic heterocycles. The maximum Gasteiger partial charge on any atom is 0.351 e. The molecular formula is C15H12O4. The Morgan fingerprint density at radius 1 is 1.21 bits per heavy atom. The lowest BCUT2D eigenvalue weighted by atomic mass is 9.89. The van der Waals surface area contributed by atoms with Crippen molar-refractivity contribution in [2.45, 2.75) is 12.8 Å². The maximum atomic E-state index is 11.8. The van der Waals surface area contributed by atoms with E-state index in [4.69, 9.17) is 4.42 Å². The van der Waals surface area contributed by atoms with Crippen LogP contribution < -0.4 is 5.63 Å². The van der Waals surface area contributed by atoms with E-state index in [1.165, 1.54) is 7.11 Å². The lowest BCUT2D eigenvalue weighted by Crippen LogP contribution is -2.18. The molecule has 1 aromatic carbocycles. The SMILES string of the molecule is COC(=O)c1cc2c(oc1=O)-c1ccccc1CC2. The van der Waals surface area contributed by atoms with E-state index in [0.717, 1.165) is 29.5 Å². The monoisotopic (exact) mass is 256 g/mol. The second kappa shape index (κ2) is 4.39. The topological polar surface area (TPSA) is 56.5 Å². The van der Waals surface area contributed by atoms with Crippen molar-refractivity contribution in [3.63, 3.8) is 0 Å². The molecule has 0 amide bonds. The third-order valence-corrected chi connectivity index (χ3v) is 3.36. The number of rotatable bonds is 1. The number of benzene rings is 1. The van der Waals surface area contributed by atoms with Gasteiger partial charge >= 0.3 is 11.6 Å². The van der Waals surface area contributed by atoms with E-state index in [9.17, 15) is 9.59 Å². The fourth-order valence-electron chi connectivity index (χ4n) is 2.41. The molecule has 96 valence electrons. The smallest absolute Gasteiger partial charge is 0.351 e. The zero-order valence-corrected chi connectivity index (χ0v) is 10.4. The summed E-state index contributed by atoms with van der Waals surface area (Å²) >= 11 is 0. The van der Waals surface area contributed by atoms with Gasteiger partial charge in [0, 0.05) is 5.56 Å². The molecule has 0 radical (unpaired) electrons. The Morgan fingerprint density at radius 2 is 1.95 bits per heavy atom. The number of hydrogen-bond donors (Lipinski definition) is 0. The van der Waals surface area contributed by atoms with E-state index < -0.39 is 11.6 Å². The van der Waals surface area contributed by atoms with Crippen molar-refractivity contribution in [2.24, 2.45) is 0 Å². The molecule has 0 saturated heterocycles. The minimum absolute atomic E-state index is 0.0411. The number of fused-ring (bicyclic) bond motifs is 3. The number of hydrogen-bond acceptors (Lipinski definition) is 4. The average Bonchev–Trinajstić information content (AvgIpc) is 2.45. The summed E-state index contributed by atoms with van der Waals surface area (Å²) in [5.74, 6) is -0.0880. The van der Waals surface area contributed by atoms with Crippen molar-refractivity contribution in [3.05, 3.63) is 57.4 Å². The highest BCUT2D eigenvalue weighted by Gasteiger charge is 2.22. The van der Waals surface area contributed by atoms with Crippen LogP contribution in [0.4, 0.5) is 0 Å². The van der Waals surface area contributed by atoms with Crippen molar-refractivity contribution in [3.8, 4) is 11.3 Å². The number of aryl methyl sites for hydroxylation is 2. The lowest BCUT2D eigenvalue weighted by Gasteiger charge is -2.17. The van der Waals surface area contributed by atoms with Crippen LogP contribution in [-0.2, 0) is 17.6 Å². The van der Waals surface area contributed by atoms with Gasteiger partial charge in [-0.15, -0.1) is 0 Å². The molecule has 1 heterocycles. The Balaban J connectivity index is 2.21. The molecule has 2 aromatic rings. The van der Waals surface area contributed by atoms with Crippen LogP contribution >= 0.6 is 0 Å². The van der Waals surface area contributed by atoms with Crippen molar-refractivity contribution >= 4 is 5.97 Å². The summed E-state index contributed by atoms with van der Waals surface area (Å²) in [6, 6.07) is 9.40. The largest absolute Gasteiger partial charge is 0.465 e. The van der Waals surface area contributed by atoms with E-state index in [-0.39, 0.29) is 5.56 Å². The van der Waals surface area contributed by atoms with Gasteiger partial charge in [-0.05, 0) is 30.0 Å². The van der Waals surface area contributed by atoms with Crippen LogP contribution in [0.25, 0.3) is 11.3 Å². The van der Waals surface area contributed by atoms with Crippen LogP contribution in [0.1, 0.15) is 21.5 Å². The van der Waals surface area contributed by atoms with E-state index in [1.807, 2.05) is 24.3 Å². The summed E-state index contributed by atoms with van der Waals surface area (Å²) in [5.41, 5.74) is 2.27. The summed E-state index contributed by atoms with van der Waals surface area (Å²) in [4.78, 5) is 23.3. The number of methoxy groups -OCH3 is 1. The molecule has 1 aliphatic rings. The molecule has 0 bridgehead atoms. The predicted molar refractivity (Wildman–Crippen MR) is 69.2 cm³/mol. The van der Waals surface area contributed by atoms with Crippen molar-refractivity contribution in [2.75, 3.05) is 7.11 Å². The zero-order chi connectivity index (χ0) is 13.4. The molecule has 0 fully saturated rings. The van der Waals surface area contributed by atoms with E-state index in [0.29, 0.717) is 5.76 Å². The van der Waals surface area contributed by atoms with E-state index >= 15 is 0 Å². The molecule has 19 heavy (non-hydrogen) atoms. The highest BCUT2D eigenvalue weighted by molar-refractivity contribution is 5.89. The quantitative estimate of drug-likeness (QED) is 0.734. The van der Waals surface area contributed by atoms with Crippen LogP contribution in [0.3, 0.4) is 0 Å². The first-order valence-electron chi connectivity index (χ1n) is 6.04. The van der Waals surface area contributed by atoms with Gasteiger partial charge in [0.15, 0.2) is 0 Å². The minimum atomic E-state index is -0.657. The van der Waals surface area contributed by atoms with Gasteiger partial charge in [-0.1, -0.05) is 24.3 Å². The Morgan fingerprint density at radius 3 is 2.74 bits per heavy atom. The van der Waals surface area contributed by atoms with Gasteiger partial charge in [0.05, 0.1) is 7.11 Å². The molecule has 0 saturated carbocycles. The number of esters is 1. The van der Waals surface area contributed by atoms with Gasteiger partial charge in [-0.3, -0.25) is 0 Å². The molecular weight excluding hydrogens is 244 g/mol. The fraction of sp³-hybridized carbons (Fsp3) is 0.200. The molecule has 4 heteroatoms. The van der Waals surface area contributed by atoms with Crippen LogP contribution in [0.5, 0.6) is 0 Å². The average molecular weight is 256 g/mol. The van der Waals surface area contributed by atoms with Crippen molar-refractivity contribution < 1.29 is 13.9 Å². The Bertz CT molecular complexity index is 712. The molecule has 4 nitrogen and oxygen atoms in total. The maximum absolute atomic E-state index is 11.8. The van der Waals surface area contributed by atoms with Gasteiger partial charge in [-0.25, -0.2) is 9.59 Å². The molecule has 0 unspecified atom stereocenters. The van der Waals surface area contributed by atoms with E-state index in [1.54, 1.807) is 6.07 Å². The summed E-state index contributed by atoms with van der Waals surface area (Å²) in [6.45, 7) is 0. The van der Waals surface area contributed by atoms with Gasteiger partial charge in [0.2, 0.25) is 0 Å². The summed E-state index contributed by atoms with van der Waals surface area (Å²) in [7, 11) is 1.25. The number of ether oxygens (including phenoxy) is 1. The van der Waals surface area contributed by atoms with Gasteiger partial charge in [0.1, 0.15) is 11.3 Å². The third kappa shape index (κ3) is 1.85. The Hall–Kier alpha value is -2.36. The molecule has 0 spiro atoms.